The molecule has 2 saturated carbocycles. The second-order valence-electron chi connectivity index (χ2n) is 8.15. The molecule has 2 N–H and O–H groups in total. The van der Waals surface area contributed by atoms with Gasteiger partial charge < -0.3 is 5.32 Å². The Morgan fingerprint density at radius 1 is 1.24 bits per heavy atom. The average molecular weight is 415 g/mol. The zero-order chi connectivity index (χ0) is 20.4. The lowest BCUT2D eigenvalue weighted by Crippen LogP contribution is -2.47. The van der Waals surface area contributed by atoms with Gasteiger partial charge >= 0.3 is 6.03 Å². The monoisotopic (exact) mass is 414 g/mol. The minimum Gasteiger partial charge on any atom is -0.335 e. The zero-order valence-corrected chi connectivity index (χ0v) is 17.5. The number of thioether (sulfide) groups is 1. The van der Waals surface area contributed by atoms with Crippen LogP contribution in [0.2, 0.25) is 0 Å². The number of aromatic nitrogens is 4. The van der Waals surface area contributed by atoms with Crippen LogP contribution in [-0.4, -0.2) is 43.9 Å². The van der Waals surface area contributed by atoms with E-state index in [9.17, 15) is 9.59 Å². The fourth-order valence-electron chi connectivity index (χ4n) is 4.67. The highest BCUT2D eigenvalue weighted by molar-refractivity contribution is 7.99. The molecule has 0 aliphatic heterocycles. The number of tetrazole rings is 1. The van der Waals surface area contributed by atoms with Crippen molar-refractivity contribution in [2.24, 2.45) is 17.8 Å². The quantitative estimate of drug-likeness (QED) is 0.705. The molecule has 1 aromatic heterocycles. The van der Waals surface area contributed by atoms with Gasteiger partial charge in [-0.05, 0) is 73.4 Å². The van der Waals surface area contributed by atoms with Crippen molar-refractivity contribution in [3.8, 4) is 5.69 Å². The molecule has 0 saturated heterocycles. The van der Waals surface area contributed by atoms with Gasteiger partial charge in [-0.25, -0.2) is 4.79 Å². The van der Waals surface area contributed by atoms with Crippen LogP contribution in [0.25, 0.3) is 5.69 Å². The first-order valence-corrected chi connectivity index (χ1v) is 11.1. The third kappa shape index (κ3) is 4.60. The molecule has 29 heavy (non-hydrogen) atoms. The van der Waals surface area contributed by atoms with Crippen molar-refractivity contribution in [1.29, 1.82) is 0 Å². The number of nitrogens with zero attached hydrogens (tertiary/aromatic N) is 4. The Balaban J connectivity index is 1.26. The minimum absolute atomic E-state index is 0.0577. The molecule has 0 unspecified atom stereocenters. The largest absolute Gasteiger partial charge is 0.335 e. The van der Waals surface area contributed by atoms with Gasteiger partial charge in [0.15, 0.2) is 0 Å². The van der Waals surface area contributed by atoms with Crippen LogP contribution in [0.15, 0.2) is 29.4 Å². The van der Waals surface area contributed by atoms with Gasteiger partial charge in [0.2, 0.25) is 11.1 Å². The van der Waals surface area contributed by atoms with E-state index in [0.29, 0.717) is 11.1 Å². The van der Waals surface area contributed by atoms with E-state index in [2.05, 4.69) is 26.2 Å². The number of hydrogen-bond donors (Lipinski definition) is 2. The van der Waals surface area contributed by atoms with Crippen molar-refractivity contribution >= 4 is 23.7 Å². The SMILES string of the molecule is Cc1ccc(-n2nnnc2SCC(=O)NC(=O)N[C@H](C)[C@@H]2C[C@H]3CC[C@H]2C3)cc1. The molecule has 2 aliphatic carbocycles. The highest BCUT2D eigenvalue weighted by atomic mass is 32.2. The Hall–Kier alpha value is -2.42. The van der Waals surface area contributed by atoms with Gasteiger partial charge in [0.25, 0.3) is 0 Å². The number of nitrogens with one attached hydrogen (secondary N) is 2. The predicted octanol–water partition coefficient (Wildman–Crippen LogP) is 2.71. The molecule has 1 heterocycles. The van der Waals surface area contributed by atoms with Crippen LogP contribution in [-0.2, 0) is 4.79 Å². The van der Waals surface area contributed by atoms with Gasteiger partial charge in [-0.3, -0.25) is 10.1 Å². The summed E-state index contributed by atoms with van der Waals surface area (Å²) in [5.41, 5.74) is 1.96. The lowest BCUT2D eigenvalue weighted by Gasteiger charge is -2.28. The first kappa shape index (κ1) is 19.9. The summed E-state index contributed by atoms with van der Waals surface area (Å²) in [6.07, 6.45) is 5.09. The van der Waals surface area contributed by atoms with E-state index >= 15 is 0 Å². The average Bonchev–Trinajstić information content (AvgIpc) is 3.43. The maximum absolute atomic E-state index is 12.2. The number of fused-ring (bicyclic) bond motifs is 2. The first-order valence-electron chi connectivity index (χ1n) is 10.1. The fourth-order valence-corrected chi connectivity index (χ4v) is 5.36. The summed E-state index contributed by atoms with van der Waals surface area (Å²) in [7, 11) is 0. The van der Waals surface area contributed by atoms with E-state index in [1.807, 2.05) is 38.1 Å². The van der Waals surface area contributed by atoms with E-state index in [-0.39, 0.29) is 17.7 Å². The molecule has 8 nitrogen and oxygen atoms in total. The topological polar surface area (TPSA) is 102 Å². The van der Waals surface area contributed by atoms with E-state index in [4.69, 9.17) is 0 Å². The molecule has 4 atom stereocenters. The zero-order valence-electron chi connectivity index (χ0n) is 16.7. The van der Waals surface area contributed by atoms with Crippen molar-refractivity contribution in [1.82, 2.24) is 30.8 Å². The predicted molar refractivity (Wildman–Crippen MR) is 110 cm³/mol. The molecule has 9 heteroatoms. The number of rotatable bonds is 6. The normalized spacial score (nSPS) is 23.7. The third-order valence-corrected chi connectivity index (χ3v) is 7.02. The summed E-state index contributed by atoms with van der Waals surface area (Å²) in [4.78, 5) is 24.4. The van der Waals surface area contributed by atoms with Crippen LogP contribution >= 0.6 is 11.8 Å². The standard InChI is InChI=1S/C20H26N6O2S/c1-12-3-7-16(8-4-12)26-20(23-24-25-26)29-11-18(27)22-19(28)21-13(2)17-10-14-5-6-15(17)9-14/h3-4,7-8,13-15,17H,5-6,9-11H2,1-2H3,(H2,21,22,27,28)/t13-,14+,15+,17+/m1/s1. The van der Waals surface area contributed by atoms with Crippen molar-refractivity contribution < 1.29 is 9.59 Å². The van der Waals surface area contributed by atoms with Crippen LogP contribution in [0, 0.1) is 24.7 Å². The summed E-state index contributed by atoms with van der Waals surface area (Å²) in [5.74, 6) is 1.77. The number of aryl methyl sites for hydroxylation is 1. The summed E-state index contributed by atoms with van der Waals surface area (Å²) in [6.45, 7) is 4.05. The number of hydrogen-bond acceptors (Lipinski definition) is 6. The minimum atomic E-state index is -0.427. The van der Waals surface area contributed by atoms with Gasteiger partial charge in [-0.15, -0.1) is 5.10 Å². The summed E-state index contributed by atoms with van der Waals surface area (Å²) in [5, 5.41) is 17.5. The molecule has 2 bridgehead atoms. The van der Waals surface area contributed by atoms with Crippen molar-refractivity contribution in [3.05, 3.63) is 29.8 Å². The Morgan fingerprint density at radius 3 is 2.72 bits per heavy atom. The number of benzene rings is 1. The van der Waals surface area contributed by atoms with Gasteiger partial charge in [0, 0.05) is 6.04 Å². The number of amides is 3. The second-order valence-corrected chi connectivity index (χ2v) is 9.09. The number of imide groups is 1. The van der Waals surface area contributed by atoms with Crippen LogP contribution in [0.4, 0.5) is 4.79 Å². The Labute approximate surface area is 174 Å². The summed E-state index contributed by atoms with van der Waals surface area (Å²) in [6, 6.07) is 7.43. The lowest BCUT2D eigenvalue weighted by molar-refractivity contribution is -0.117. The molecule has 0 spiro atoms. The van der Waals surface area contributed by atoms with Crippen molar-refractivity contribution in [2.45, 2.75) is 50.7 Å². The molecule has 2 aliphatic rings. The highest BCUT2D eigenvalue weighted by Crippen LogP contribution is 2.49. The van der Waals surface area contributed by atoms with Gasteiger partial charge in [0.1, 0.15) is 0 Å². The Bertz CT molecular complexity index is 883. The number of carbonyl (C=O) groups is 2. The smallest absolute Gasteiger partial charge is 0.321 e. The second kappa shape index (κ2) is 8.52. The first-order chi connectivity index (χ1) is 14.0. The molecule has 1 aromatic carbocycles. The maximum Gasteiger partial charge on any atom is 0.321 e. The van der Waals surface area contributed by atoms with E-state index < -0.39 is 6.03 Å². The molecular formula is C20H26N6O2S. The lowest BCUT2D eigenvalue weighted by atomic mass is 9.84. The van der Waals surface area contributed by atoms with Crippen LogP contribution in [0.5, 0.6) is 0 Å². The molecular weight excluding hydrogens is 388 g/mol. The molecule has 154 valence electrons. The fraction of sp³-hybridized carbons (Fsp3) is 0.550. The number of carbonyl (C=O) groups excluding carboxylic acids is 2. The van der Waals surface area contributed by atoms with Crippen molar-refractivity contribution in [3.63, 3.8) is 0 Å². The van der Waals surface area contributed by atoms with Crippen molar-refractivity contribution in [2.75, 3.05) is 5.75 Å². The summed E-state index contributed by atoms with van der Waals surface area (Å²) < 4.78 is 1.58. The maximum atomic E-state index is 12.2. The summed E-state index contributed by atoms with van der Waals surface area (Å²) >= 11 is 1.19. The molecule has 4 rings (SSSR count). The van der Waals surface area contributed by atoms with Gasteiger partial charge in [-0.1, -0.05) is 35.9 Å². The highest BCUT2D eigenvalue weighted by Gasteiger charge is 2.42. The Kier molecular flexibility index (Phi) is 5.84. The van der Waals surface area contributed by atoms with Crippen LogP contribution in [0.3, 0.4) is 0 Å². The van der Waals surface area contributed by atoms with Gasteiger partial charge in [0.05, 0.1) is 11.4 Å². The Morgan fingerprint density at radius 2 is 2.03 bits per heavy atom. The molecule has 3 amide bonds. The van der Waals surface area contributed by atoms with E-state index in [1.54, 1.807) is 4.68 Å². The molecule has 2 fully saturated rings. The molecule has 0 radical (unpaired) electrons. The van der Waals surface area contributed by atoms with Gasteiger partial charge in [-0.2, -0.15) is 4.68 Å². The molecule has 2 aromatic rings. The van der Waals surface area contributed by atoms with Crippen LogP contribution in [0.1, 0.15) is 38.2 Å². The van der Waals surface area contributed by atoms with E-state index in [1.165, 1.54) is 37.4 Å². The van der Waals surface area contributed by atoms with Crippen LogP contribution < -0.4 is 10.6 Å². The van der Waals surface area contributed by atoms with E-state index in [0.717, 1.165) is 23.1 Å². The number of urea groups is 1. The third-order valence-electron chi connectivity index (χ3n) is 6.10.